The molecular formula is C25H19NO6. The Morgan fingerprint density at radius 1 is 0.812 bits per heavy atom. The van der Waals surface area contributed by atoms with Crippen molar-refractivity contribution in [2.24, 2.45) is 0 Å². The van der Waals surface area contributed by atoms with Crippen molar-refractivity contribution in [3.8, 4) is 5.75 Å². The molecule has 0 aromatic heterocycles. The molecule has 0 aliphatic carbocycles. The first kappa shape index (κ1) is 21.0. The summed E-state index contributed by atoms with van der Waals surface area (Å²) in [6, 6.07) is 19.3. The molecule has 1 aliphatic heterocycles. The fraction of sp³-hybridized carbons (Fsp3) is 0.120. The molecule has 32 heavy (non-hydrogen) atoms. The third-order valence-corrected chi connectivity index (χ3v) is 5.16. The van der Waals surface area contributed by atoms with Crippen molar-refractivity contribution in [3.63, 3.8) is 0 Å². The summed E-state index contributed by atoms with van der Waals surface area (Å²) in [6.07, 6.45) is -1.01. The maximum absolute atomic E-state index is 13.0. The highest BCUT2D eigenvalue weighted by Gasteiger charge is 2.38. The number of Topliss-reactive ketones (excluding diaryl/α,β-unsaturated/α-hetero) is 1. The molecule has 1 heterocycles. The lowest BCUT2D eigenvalue weighted by molar-refractivity contribution is 0.0318. The van der Waals surface area contributed by atoms with E-state index in [0.717, 1.165) is 4.90 Å². The van der Waals surface area contributed by atoms with Gasteiger partial charge in [-0.1, -0.05) is 42.5 Å². The Labute approximate surface area is 184 Å². The number of anilines is 1. The van der Waals surface area contributed by atoms with Crippen molar-refractivity contribution < 1.29 is 28.7 Å². The van der Waals surface area contributed by atoms with Gasteiger partial charge in [0.15, 0.2) is 6.10 Å². The molecule has 0 fully saturated rings. The fourth-order valence-corrected chi connectivity index (χ4v) is 3.52. The fourth-order valence-electron chi connectivity index (χ4n) is 3.52. The number of ether oxygens (including phenoxy) is 2. The van der Waals surface area contributed by atoms with Crippen molar-refractivity contribution in [1.29, 1.82) is 0 Å². The molecule has 160 valence electrons. The molecule has 7 nitrogen and oxygen atoms in total. The van der Waals surface area contributed by atoms with E-state index in [1.54, 1.807) is 54.6 Å². The Hall–Kier alpha value is -4.26. The normalized spacial score (nSPS) is 13.5. The number of nitrogens with zero attached hydrogens (tertiary/aromatic N) is 1. The van der Waals surface area contributed by atoms with Crippen LogP contribution in [0.15, 0.2) is 72.8 Å². The Morgan fingerprint density at radius 2 is 1.47 bits per heavy atom. The Balaban J connectivity index is 1.57. The van der Waals surface area contributed by atoms with Crippen LogP contribution in [0.2, 0.25) is 0 Å². The van der Waals surface area contributed by atoms with Crippen molar-refractivity contribution >= 4 is 29.3 Å². The van der Waals surface area contributed by atoms with Crippen LogP contribution in [0.5, 0.6) is 5.75 Å². The second-order valence-corrected chi connectivity index (χ2v) is 7.16. The van der Waals surface area contributed by atoms with E-state index in [4.69, 9.17) is 9.47 Å². The van der Waals surface area contributed by atoms with Gasteiger partial charge in [0.2, 0.25) is 5.78 Å². The monoisotopic (exact) mass is 429 g/mol. The standard InChI is InChI=1S/C25H19NO6/c1-15(22(27)16-8-4-3-5-9-16)32-25(30)17-12-13-18-19(14-17)24(29)26(23(18)28)20-10-6-7-11-21(20)31-2/h3-15H,1-2H3/t15-/m1/s1. The number of carbonyl (C=O) groups excluding carboxylic acids is 4. The number of imide groups is 1. The zero-order valence-corrected chi connectivity index (χ0v) is 17.4. The summed E-state index contributed by atoms with van der Waals surface area (Å²) in [5.41, 5.74) is 1.06. The number of carbonyl (C=O) groups is 4. The van der Waals surface area contributed by atoms with E-state index in [1.165, 1.54) is 32.2 Å². The van der Waals surface area contributed by atoms with Crippen LogP contribution in [-0.2, 0) is 4.74 Å². The van der Waals surface area contributed by atoms with Gasteiger partial charge in [-0.15, -0.1) is 0 Å². The average Bonchev–Trinajstić information content (AvgIpc) is 3.08. The van der Waals surface area contributed by atoms with E-state index >= 15 is 0 Å². The first-order valence-electron chi connectivity index (χ1n) is 9.88. The van der Waals surface area contributed by atoms with Gasteiger partial charge in [0.25, 0.3) is 11.8 Å². The van der Waals surface area contributed by atoms with Crippen LogP contribution in [-0.4, -0.2) is 36.8 Å². The van der Waals surface area contributed by atoms with E-state index in [2.05, 4.69) is 0 Å². The smallest absolute Gasteiger partial charge is 0.338 e. The summed E-state index contributed by atoms with van der Waals surface area (Å²) in [5.74, 6) is -1.82. The number of hydrogen-bond acceptors (Lipinski definition) is 6. The molecule has 0 saturated heterocycles. The number of methoxy groups -OCH3 is 1. The third-order valence-electron chi connectivity index (χ3n) is 5.16. The summed E-state index contributed by atoms with van der Waals surface area (Å²) in [6.45, 7) is 1.48. The molecule has 7 heteroatoms. The molecule has 0 radical (unpaired) electrons. The highest BCUT2D eigenvalue weighted by atomic mass is 16.5. The number of rotatable bonds is 6. The minimum absolute atomic E-state index is 0.0690. The van der Waals surface area contributed by atoms with Crippen LogP contribution in [0.3, 0.4) is 0 Å². The van der Waals surface area contributed by atoms with Crippen molar-refractivity contribution in [3.05, 3.63) is 95.1 Å². The molecule has 0 spiro atoms. The molecule has 0 saturated carbocycles. The summed E-state index contributed by atoms with van der Waals surface area (Å²) >= 11 is 0. The van der Waals surface area contributed by atoms with E-state index in [9.17, 15) is 19.2 Å². The SMILES string of the molecule is COc1ccccc1N1C(=O)c2ccc(C(=O)O[C@H](C)C(=O)c3ccccc3)cc2C1=O. The van der Waals surface area contributed by atoms with Crippen molar-refractivity contribution in [1.82, 2.24) is 0 Å². The van der Waals surface area contributed by atoms with Gasteiger partial charge < -0.3 is 9.47 Å². The number of para-hydroxylation sites is 2. The molecule has 3 aromatic carbocycles. The quantitative estimate of drug-likeness (QED) is 0.335. The molecule has 1 atom stereocenters. The zero-order valence-electron chi connectivity index (χ0n) is 17.4. The van der Waals surface area contributed by atoms with Crippen LogP contribution in [0.4, 0.5) is 5.69 Å². The Bertz CT molecular complexity index is 1230. The maximum atomic E-state index is 13.0. The number of fused-ring (bicyclic) bond motifs is 1. The van der Waals surface area contributed by atoms with Gasteiger partial charge in [-0.3, -0.25) is 14.4 Å². The lowest BCUT2D eigenvalue weighted by Crippen LogP contribution is -2.29. The molecule has 0 unspecified atom stereocenters. The van der Waals surface area contributed by atoms with Crippen molar-refractivity contribution in [2.75, 3.05) is 12.0 Å². The molecular weight excluding hydrogens is 410 g/mol. The predicted molar refractivity (Wildman–Crippen MR) is 116 cm³/mol. The molecule has 3 aromatic rings. The van der Waals surface area contributed by atoms with Crippen LogP contribution >= 0.6 is 0 Å². The second-order valence-electron chi connectivity index (χ2n) is 7.16. The summed E-state index contributed by atoms with van der Waals surface area (Å²) in [7, 11) is 1.45. The average molecular weight is 429 g/mol. The molecule has 0 bridgehead atoms. The lowest BCUT2D eigenvalue weighted by Gasteiger charge is -2.16. The number of hydrogen-bond donors (Lipinski definition) is 0. The van der Waals surface area contributed by atoms with E-state index in [-0.39, 0.29) is 22.5 Å². The van der Waals surface area contributed by atoms with Gasteiger partial charge in [0, 0.05) is 5.56 Å². The van der Waals surface area contributed by atoms with Crippen molar-refractivity contribution in [2.45, 2.75) is 13.0 Å². The van der Waals surface area contributed by atoms with Crippen LogP contribution in [0.1, 0.15) is 48.4 Å². The van der Waals surface area contributed by atoms with E-state index in [0.29, 0.717) is 17.0 Å². The van der Waals surface area contributed by atoms with E-state index in [1.807, 2.05) is 0 Å². The zero-order chi connectivity index (χ0) is 22.8. The van der Waals surface area contributed by atoms with E-state index < -0.39 is 23.9 Å². The lowest BCUT2D eigenvalue weighted by atomic mass is 10.1. The van der Waals surface area contributed by atoms with Gasteiger partial charge in [0.05, 0.1) is 29.5 Å². The number of amides is 2. The molecule has 2 amide bonds. The minimum Gasteiger partial charge on any atom is -0.495 e. The van der Waals surface area contributed by atoms with Crippen LogP contribution in [0, 0.1) is 0 Å². The predicted octanol–water partition coefficient (Wildman–Crippen LogP) is 3.92. The summed E-state index contributed by atoms with van der Waals surface area (Å²) < 4.78 is 10.6. The molecule has 0 N–H and O–H groups in total. The molecule has 4 rings (SSSR count). The Morgan fingerprint density at radius 3 is 2.19 bits per heavy atom. The van der Waals surface area contributed by atoms with Gasteiger partial charge in [-0.25, -0.2) is 9.69 Å². The van der Waals surface area contributed by atoms with Gasteiger partial charge in [0.1, 0.15) is 5.75 Å². The number of esters is 1. The van der Waals surface area contributed by atoms with Gasteiger partial charge >= 0.3 is 5.97 Å². The van der Waals surface area contributed by atoms with Gasteiger partial charge in [-0.05, 0) is 37.3 Å². The topological polar surface area (TPSA) is 90.0 Å². The highest BCUT2D eigenvalue weighted by Crippen LogP contribution is 2.35. The summed E-state index contributed by atoms with van der Waals surface area (Å²) in [5, 5.41) is 0. The van der Waals surface area contributed by atoms with Crippen LogP contribution < -0.4 is 9.64 Å². The number of benzene rings is 3. The highest BCUT2D eigenvalue weighted by molar-refractivity contribution is 6.35. The second kappa shape index (κ2) is 8.47. The summed E-state index contributed by atoms with van der Waals surface area (Å²) in [4.78, 5) is 52.0. The minimum atomic E-state index is -1.01. The first-order chi connectivity index (χ1) is 15.4. The third kappa shape index (κ3) is 3.65. The Kier molecular flexibility index (Phi) is 5.55. The van der Waals surface area contributed by atoms with Crippen LogP contribution in [0.25, 0.3) is 0 Å². The number of ketones is 1. The largest absolute Gasteiger partial charge is 0.495 e. The first-order valence-corrected chi connectivity index (χ1v) is 9.88. The maximum Gasteiger partial charge on any atom is 0.338 e. The molecule has 1 aliphatic rings. The van der Waals surface area contributed by atoms with Gasteiger partial charge in [-0.2, -0.15) is 0 Å².